The molecular weight excluding hydrogens is 216 g/mol. The highest BCUT2D eigenvalue weighted by atomic mass is 32.1. The van der Waals surface area contributed by atoms with E-state index in [0.717, 1.165) is 0 Å². The van der Waals surface area contributed by atoms with Crippen LogP contribution in [0.1, 0.15) is 48.2 Å². The highest BCUT2D eigenvalue weighted by molar-refractivity contribution is 7.11. The quantitative estimate of drug-likeness (QED) is 0.854. The third-order valence-electron chi connectivity index (χ3n) is 4.16. The molecule has 1 aliphatic rings. The van der Waals surface area contributed by atoms with Crippen LogP contribution >= 0.6 is 11.3 Å². The molecule has 0 aliphatic heterocycles. The fourth-order valence-corrected chi connectivity index (χ4v) is 4.06. The van der Waals surface area contributed by atoms with E-state index in [2.05, 4.69) is 33.1 Å². The molecule has 1 aromatic rings. The molecule has 1 aromatic heterocycles. The largest absolute Gasteiger partial charge is 0.308 e. The van der Waals surface area contributed by atoms with E-state index >= 15 is 0 Å². The summed E-state index contributed by atoms with van der Waals surface area (Å²) in [4.78, 5) is 6.15. The summed E-state index contributed by atoms with van der Waals surface area (Å²) in [5.74, 6) is 0.691. The molecule has 0 aromatic carbocycles. The van der Waals surface area contributed by atoms with Crippen LogP contribution in [-0.4, -0.2) is 12.0 Å². The Morgan fingerprint density at radius 1 is 1.38 bits per heavy atom. The molecular formula is C13H22N2S. The topological polar surface area (TPSA) is 24.9 Å². The molecule has 2 unspecified atom stereocenters. The standard InChI is InChI=1S/C13H22N2S/c1-9-7-5-6-8-13(9,14-4)12-15-10(2)11(3)16-12/h9,14H,5-8H2,1-4H3. The summed E-state index contributed by atoms with van der Waals surface area (Å²) in [5, 5.41) is 4.87. The van der Waals surface area contributed by atoms with E-state index in [4.69, 9.17) is 4.98 Å². The number of hydrogen-bond acceptors (Lipinski definition) is 3. The Labute approximate surface area is 102 Å². The zero-order valence-electron chi connectivity index (χ0n) is 10.8. The minimum absolute atomic E-state index is 0.141. The summed E-state index contributed by atoms with van der Waals surface area (Å²) < 4.78 is 0. The lowest BCUT2D eigenvalue weighted by atomic mass is 9.74. The van der Waals surface area contributed by atoms with Crippen LogP contribution in [0.2, 0.25) is 0 Å². The van der Waals surface area contributed by atoms with Crippen molar-refractivity contribution in [1.29, 1.82) is 0 Å². The van der Waals surface area contributed by atoms with Crippen LogP contribution in [0.5, 0.6) is 0 Å². The van der Waals surface area contributed by atoms with Gasteiger partial charge in [0, 0.05) is 4.88 Å². The lowest BCUT2D eigenvalue weighted by Crippen LogP contribution is -2.47. The van der Waals surface area contributed by atoms with Crippen molar-refractivity contribution in [2.24, 2.45) is 5.92 Å². The molecule has 1 saturated carbocycles. The first-order valence-corrected chi connectivity index (χ1v) is 7.05. The first kappa shape index (κ1) is 12.1. The van der Waals surface area contributed by atoms with Gasteiger partial charge in [0.05, 0.1) is 11.2 Å². The van der Waals surface area contributed by atoms with Crippen LogP contribution < -0.4 is 5.32 Å². The van der Waals surface area contributed by atoms with Gasteiger partial charge in [-0.25, -0.2) is 4.98 Å². The fourth-order valence-electron chi connectivity index (χ4n) is 2.81. The van der Waals surface area contributed by atoms with Crippen molar-refractivity contribution in [2.45, 2.75) is 52.0 Å². The first-order valence-electron chi connectivity index (χ1n) is 6.23. The summed E-state index contributed by atoms with van der Waals surface area (Å²) in [6.07, 6.45) is 5.24. The van der Waals surface area contributed by atoms with Gasteiger partial charge in [-0.2, -0.15) is 0 Å². The van der Waals surface area contributed by atoms with Gasteiger partial charge >= 0.3 is 0 Å². The number of thiazole rings is 1. The van der Waals surface area contributed by atoms with Crippen LogP contribution in [-0.2, 0) is 5.54 Å². The third-order valence-corrected chi connectivity index (χ3v) is 5.41. The number of nitrogens with zero attached hydrogens (tertiary/aromatic N) is 1. The van der Waals surface area contributed by atoms with E-state index in [0.29, 0.717) is 5.92 Å². The van der Waals surface area contributed by atoms with Gasteiger partial charge < -0.3 is 5.32 Å². The number of aromatic nitrogens is 1. The second-order valence-corrected chi connectivity index (χ2v) is 6.23. The summed E-state index contributed by atoms with van der Waals surface area (Å²) in [5.41, 5.74) is 1.34. The molecule has 1 heterocycles. The fraction of sp³-hybridized carbons (Fsp3) is 0.769. The van der Waals surface area contributed by atoms with Gasteiger partial charge in [-0.1, -0.05) is 19.8 Å². The number of rotatable bonds is 2. The molecule has 3 heteroatoms. The van der Waals surface area contributed by atoms with Crippen molar-refractivity contribution in [3.63, 3.8) is 0 Å². The van der Waals surface area contributed by atoms with Gasteiger partial charge in [0.2, 0.25) is 0 Å². The normalized spacial score (nSPS) is 30.6. The van der Waals surface area contributed by atoms with Gasteiger partial charge in [-0.15, -0.1) is 11.3 Å². The van der Waals surface area contributed by atoms with Gasteiger partial charge in [-0.05, 0) is 39.7 Å². The Kier molecular flexibility index (Phi) is 3.36. The van der Waals surface area contributed by atoms with E-state index in [1.165, 1.54) is 41.3 Å². The summed E-state index contributed by atoms with van der Waals surface area (Å²) in [6, 6.07) is 0. The van der Waals surface area contributed by atoms with Gasteiger partial charge in [0.15, 0.2) is 0 Å². The second-order valence-electron chi connectivity index (χ2n) is 5.03. The predicted molar refractivity (Wildman–Crippen MR) is 70.0 cm³/mol. The van der Waals surface area contributed by atoms with Crippen LogP contribution in [0.3, 0.4) is 0 Å². The Morgan fingerprint density at radius 3 is 2.62 bits per heavy atom. The minimum atomic E-state index is 0.141. The van der Waals surface area contributed by atoms with Crippen LogP contribution in [0, 0.1) is 19.8 Å². The van der Waals surface area contributed by atoms with Gasteiger partial charge in [0.25, 0.3) is 0 Å². The molecule has 0 radical (unpaired) electrons. The predicted octanol–water partition coefficient (Wildman–Crippen LogP) is 3.38. The molecule has 1 fully saturated rings. The number of hydrogen-bond donors (Lipinski definition) is 1. The van der Waals surface area contributed by atoms with Crippen molar-refractivity contribution < 1.29 is 0 Å². The van der Waals surface area contributed by atoms with Crippen molar-refractivity contribution in [3.8, 4) is 0 Å². The summed E-state index contributed by atoms with van der Waals surface area (Å²) in [6.45, 7) is 6.65. The van der Waals surface area contributed by atoms with Crippen molar-refractivity contribution in [3.05, 3.63) is 15.6 Å². The lowest BCUT2D eigenvalue weighted by molar-refractivity contribution is 0.165. The Balaban J connectivity index is 2.39. The summed E-state index contributed by atoms with van der Waals surface area (Å²) in [7, 11) is 2.09. The molecule has 16 heavy (non-hydrogen) atoms. The molecule has 1 aliphatic carbocycles. The van der Waals surface area contributed by atoms with E-state index in [1.807, 2.05) is 11.3 Å². The average Bonchev–Trinajstić information content (AvgIpc) is 2.61. The van der Waals surface area contributed by atoms with Crippen molar-refractivity contribution in [2.75, 3.05) is 7.05 Å². The van der Waals surface area contributed by atoms with E-state index in [9.17, 15) is 0 Å². The minimum Gasteiger partial charge on any atom is -0.308 e. The van der Waals surface area contributed by atoms with Crippen molar-refractivity contribution in [1.82, 2.24) is 10.3 Å². The Bertz CT molecular complexity index is 353. The van der Waals surface area contributed by atoms with E-state index < -0.39 is 0 Å². The Hall–Kier alpha value is -0.410. The Morgan fingerprint density at radius 2 is 2.12 bits per heavy atom. The zero-order valence-corrected chi connectivity index (χ0v) is 11.6. The molecule has 90 valence electrons. The van der Waals surface area contributed by atoms with Gasteiger partial charge in [-0.3, -0.25) is 0 Å². The number of nitrogens with one attached hydrogen (secondary N) is 1. The molecule has 0 saturated heterocycles. The van der Waals surface area contributed by atoms with Crippen LogP contribution in [0.15, 0.2) is 0 Å². The van der Waals surface area contributed by atoms with Crippen molar-refractivity contribution >= 4 is 11.3 Å². The van der Waals surface area contributed by atoms with Crippen LogP contribution in [0.4, 0.5) is 0 Å². The maximum absolute atomic E-state index is 4.78. The molecule has 0 bridgehead atoms. The second kappa shape index (κ2) is 4.46. The van der Waals surface area contributed by atoms with E-state index in [-0.39, 0.29) is 5.54 Å². The highest BCUT2D eigenvalue weighted by Crippen LogP contribution is 2.43. The van der Waals surface area contributed by atoms with Gasteiger partial charge in [0.1, 0.15) is 5.01 Å². The molecule has 2 atom stereocenters. The van der Waals surface area contributed by atoms with Crippen LogP contribution in [0.25, 0.3) is 0 Å². The van der Waals surface area contributed by atoms with E-state index in [1.54, 1.807) is 0 Å². The molecule has 2 nitrogen and oxygen atoms in total. The smallest absolute Gasteiger partial charge is 0.113 e. The molecule has 0 spiro atoms. The number of aryl methyl sites for hydroxylation is 2. The third kappa shape index (κ3) is 1.80. The highest BCUT2D eigenvalue weighted by Gasteiger charge is 2.40. The maximum atomic E-state index is 4.78. The zero-order chi connectivity index (χ0) is 11.8. The molecule has 2 rings (SSSR count). The maximum Gasteiger partial charge on any atom is 0.113 e. The first-order chi connectivity index (χ1) is 7.60. The SMILES string of the molecule is CNC1(c2nc(C)c(C)s2)CCCCC1C. The molecule has 0 amide bonds. The molecule has 1 N–H and O–H groups in total. The lowest BCUT2D eigenvalue weighted by Gasteiger charge is -2.41. The monoisotopic (exact) mass is 238 g/mol. The average molecular weight is 238 g/mol. The summed E-state index contributed by atoms with van der Waals surface area (Å²) >= 11 is 1.87.